The Bertz CT molecular complexity index is 1750. The summed E-state index contributed by atoms with van der Waals surface area (Å²) in [5.74, 6) is -0.990. The molecular weight excluding hydrogens is 1020 g/mol. The van der Waals surface area contributed by atoms with Crippen molar-refractivity contribution in [1.82, 2.24) is 0 Å². The predicted octanol–water partition coefficient (Wildman–Crippen LogP) is 24.1. The first-order valence-electron chi connectivity index (χ1n) is 34.7. The summed E-state index contributed by atoms with van der Waals surface area (Å²) in [6, 6.07) is 0. The summed E-state index contributed by atoms with van der Waals surface area (Å²) in [7, 11) is 0. The molecule has 0 saturated carbocycles. The third kappa shape index (κ3) is 68.2. The maximum Gasteiger partial charge on any atom is 0.306 e. The van der Waals surface area contributed by atoms with Crippen LogP contribution in [0.3, 0.4) is 0 Å². The highest BCUT2D eigenvalue weighted by atomic mass is 16.6. The van der Waals surface area contributed by atoms with Gasteiger partial charge in [-0.3, -0.25) is 14.4 Å². The van der Waals surface area contributed by atoms with Crippen molar-refractivity contribution in [2.24, 2.45) is 0 Å². The van der Waals surface area contributed by atoms with Crippen LogP contribution in [0.25, 0.3) is 0 Å². The van der Waals surface area contributed by atoms with E-state index in [-0.39, 0.29) is 31.6 Å². The molecule has 0 spiro atoms. The van der Waals surface area contributed by atoms with E-state index in [1.165, 1.54) is 167 Å². The van der Waals surface area contributed by atoms with Crippen LogP contribution in [0.5, 0.6) is 0 Å². The van der Waals surface area contributed by atoms with Gasteiger partial charge in [-0.05, 0) is 122 Å². The van der Waals surface area contributed by atoms with Gasteiger partial charge in [0.25, 0.3) is 0 Å². The quantitative estimate of drug-likeness (QED) is 0.0261. The second kappa shape index (κ2) is 70.0. The molecule has 83 heavy (non-hydrogen) atoms. The molecule has 0 amide bonds. The van der Waals surface area contributed by atoms with E-state index in [0.717, 1.165) is 103 Å². The van der Waals surface area contributed by atoms with Crippen LogP contribution >= 0.6 is 0 Å². The van der Waals surface area contributed by atoms with Crippen LogP contribution in [0, 0.1) is 0 Å². The lowest BCUT2D eigenvalue weighted by atomic mass is 10.0. The predicted molar refractivity (Wildman–Crippen MR) is 362 cm³/mol. The lowest BCUT2D eigenvalue weighted by Gasteiger charge is -2.18. The zero-order valence-electron chi connectivity index (χ0n) is 54.2. The molecule has 0 aliphatic heterocycles. The van der Waals surface area contributed by atoms with Crippen molar-refractivity contribution in [3.63, 3.8) is 0 Å². The molecule has 0 N–H and O–H groups in total. The Kier molecular flexibility index (Phi) is 66.3. The first-order valence-corrected chi connectivity index (χ1v) is 34.7. The van der Waals surface area contributed by atoms with E-state index in [1.54, 1.807) is 0 Å². The number of unbranched alkanes of at least 4 members (excludes halogenated alkanes) is 29. The molecule has 1 unspecified atom stereocenters. The van der Waals surface area contributed by atoms with Crippen LogP contribution in [0.15, 0.2) is 134 Å². The highest BCUT2D eigenvalue weighted by molar-refractivity contribution is 5.71. The van der Waals surface area contributed by atoms with Crippen molar-refractivity contribution in [3.8, 4) is 0 Å². The first kappa shape index (κ1) is 78.5. The van der Waals surface area contributed by atoms with Crippen molar-refractivity contribution in [1.29, 1.82) is 0 Å². The zero-order valence-corrected chi connectivity index (χ0v) is 54.2. The van der Waals surface area contributed by atoms with Gasteiger partial charge in [0.05, 0.1) is 0 Å². The van der Waals surface area contributed by atoms with Crippen LogP contribution in [-0.4, -0.2) is 37.2 Å². The Morgan fingerprint density at radius 3 is 0.795 bits per heavy atom. The molecule has 0 heterocycles. The van der Waals surface area contributed by atoms with Gasteiger partial charge >= 0.3 is 17.9 Å². The summed E-state index contributed by atoms with van der Waals surface area (Å²) in [5.41, 5.74) is 0. The van der Waals surface area contributed by atoms with Crippen LogP contribution in [0.2, 0.25) is 0 Å². The molecule has 0 fully saturated rings. The summed E-state index contributed by atoms with van der Waals surface area (Å²) in [6.45, 7) is 6.37. The van der Waals surface area contributed by atoms with Crippen LogP contribution in [0.4, 0.5) is 0 Å². The Hall–Kier alpha value is -4.45. The van der Waals surface area contributed by atoms with Crippen molar-refractivity contribution in [3.05, 3.63) is 134 Å². The Morgan fingerprint density at radius 1 is 0.253 bits per heavy atom. The molecule has 0 aromatic heterocycles. The Morgan fingerprint density at radius 2 is 0.494 bits per heavy atom. The standard InChI is InChI=1S/C77H128O6/c1-4-7-10-13-16-19-22-25-28-31-34-35-36-37-38-39-40-41-44-46-49-52-55-58-61-64-67-70-76(79)82-73-74(83-77(80)71-68-65-62-59-56-53-50-47-43-33-30-27-24-21-18-15-12-9-6-3)72-81-75(78)69-66-63-60-57-54-51-48-45-42-32-29-26-23-20-17-14-11-8-5-2/h7,9-10,12,16,18-19,21,25-30,34-35,43,47,53,56,62,65,74H,4-6,8,11,13-15,17,20,22-24,31-33,36-42,44-46,48-52,54-55,57-61,63-64,66-73H2,1-3H3/b10-7-,12-9-,19-16-,21-18-,28-25-,29-26-,30-27-,35-34-,47-43-,56-53-,65-62-. The van der Waals surface area contributed by atoms with Crippen LogP contribution < -0.4 is 0 Å². The highest BCUT2D eigenvalue weighted by Crippen LogP contribution is 2.16. The Balaban J connectivity index is 4.42. The molecule has 472 valence electrons. The van der Waals surface area contributed by atoms with Crippen LogP contribution in [0.1, 0.15) is 316 Å². The monoisotopic (exact) mass is 1150 g/mol. The van der Waals surface area contributed by atoms with E-state index in [4.69, 9.17) is 14.2 Å². The van der Waals surface area contributed by atoms with Crippen molar-refractivity contribution >= 4 is 17.9 Å². The van der Waals surface area contributed by atoms with E-state index < -0.39 is 12.1 Å². The zero-order chi connectivity index (χ0) is 59.9. The molecule has 0 aliphatic carbocycles. The van der Waals surface area contributed by atoms with Gasteiger partial charge in [-0.1, -0.05) is 309 Å². The number of carbonyl (C=O) groups is 3. The van der Waals surface area contributed by atoms with Gasteiger partial charge in [0, 0.05) is 19.3 Å². The molecule has 0 radical (unpaired) electrons. The lowest BCUT2D eigenvalue weighted by Crippen LogP contribution is -2.30. The fraction of sp³-hybridized carbons (Fsp3) is 0.675. The smallest absolute Gasteiger partial charge is 0.306 e. The minimum Gasteiger partial charge on any atom is -0.462 e. The normalized spacial score (nSPS) is 13.0. The molecule has 6 nitrogen and oxygen atoms in total. The van der Waals surface area contributed by atoms with E-state index in [2.05, 4.69) is 148 Å². The second-order valence-corrected chi connectivity index (χ2v) is 22.7. The third-order valence-electron chi connectivity index (χ3n) is 14.6. The summed E-state index contributed by atoms with van der Waals surface area (Å²) in [5, 5.41) is 0. The fourth-order valence-electron chi connectivity index (χ4n) is 9.52. The van der Waals surface area contributed by atoms with Crippen LogP contribution in [-0.2, 0) is 28.6 Å². The maximum absolute atomic E-state index is 12.9. The van der Waals surface area contributed by atoms with E-state index in [0.29, 0.717) is 19.3 Å². The third-order valence-corrected chi connectivity index (χ3v) is 14.6. The minimum absolute atomic E-state index is 0.111. The number of hydrogen-bond acceptors (Lipinski definition) is 6. The number of rotatable bonds is 62. The minimum atomic E-state index is -0.825. The van der Waals surface area contributed by atoms with Crippen molar-refractivity contribution in [2.75, 3.05) is 13.2 Å². The molecule has 0 saturated heterocycles. The topological polar surface area (TPSA) is 78.9 Å². The number of ether oxygens (including phenoxy) is 3. The SMILES string of the molecule is CC/C=C\C/C=C\C/C=C\C/C=C\C/C=C\C/C=C\CCC(=O)OC(COC(=O)CCCCCCCCCCC/C=C\CCCCCCCC)COC(=O)CCCCCCCCCCCCCCCC/C=C\C/C=C\C/C=C\C/C=C\CC. The molecule has 0 aromatic rings. The second-order valence-electron chi connectivity index (χ2n) is 22.7. The molecule has 0 rings (SSSR count). The molecule has 1 atom stereocenters. The molecular formula is C77H128O6. The van der Waals surface area contributed by atoms with Gasteiger partial charge < -0.3 is 14.2 Å². The molecule has 0 aliphatic rings. The molecule has 0 aromatic carbocycles. The summed E-state index contributed by atoms with van der Waals surface area (Å²) < 4.78 is 16.9. The van der Waals surface area contributed by atoms with E-state index >= 15 is 0 Å². The lowest BCUT2D eigenvalue weighted by molar-refractivity contribution is -0.166. The highest BCUT2D eigenvalue weighted by Gasteiger charge is 2.19. The number of carbonyl (C=O) groups excluding carboxylic acids is 3. The Labute approximate surface area is 513 Å². The average molecular weight is 1150 g/mol. The maximum atomic E-state index is 12.9. The number of esters is 3. The number of hydrogen-bond donors (Lipinski definition) is 0. The van der Waals surface area contributed by atoms with Crippen molar-refractivity contribution < 1.29 is 28.6 Å². The van der Waals surface area contributed by atoms with E-state index in [9.17, 15) is 14.4 Å². The molecule has 6 heteroatoms. The largest absolute Gasteiger partial charge is 0.462 e. The average Bonchev–Trinajstić information content (AvgIpc) is 3.50. The van der Waals surface area contributed by atoms with E-state index in [1.807, 2.05) is 6.08 Å². The van der Waals surface area contributed by atoms with Gasteiger partial charge in [-0.15, -0.1) is 0 Å². The number of allylic oxidation sites excluding steroid dienone is 22. The fourth-order valence-corrected chi connectivity index (χ4v) is 9.52. The first-order chi connectivity index (χ1) is 41.0. The van der Waals surface area contributed by atoms with Gasteiger partial charge in [0.1, 0.15) is 13.2 Å². The van der Waals surface area contributed by atoms with Gasteiger partial charge in [0.15, 0.2) is 6.10 Å². The van der Waals surface area contributed by atoms with Gasteiger partial charge in [-0.2, -0.15) is 0 Å². The van der Waals surface area contributed by atoms with Gasteiger partial charge in [0.2, 0.25) is 0 Å². The summed E-state index contributed by atoms with van der Waals surface area (Å²) >= 11 is 0. The van der Waals surface area contributed by atoms with Crippen molar-refractivity contribution in [2.45, 2.75) is 322 Å². The summed E-state index contributed by atoms with van der Waals surface area (Å²) in [6.07, 6.45) is 99.1. The van der Waals surface area contributed by atoms with Gasteiger partial charge in [-0.25, -0.2) is 0 Å². The summed E-state index contributed by atoms with van der Waals surface area (Å²) in [4.78, 5) is 38.4. The molecule has 0 bridgehead atoms.